The van der Waals surface area contributed by atoms with Crippen LogP contribution in [0.4, 0.5) is 5.69 Å². The van der Waals surface area contributed by atoms with Crippen LogP contribution in [0.1, 0.15) is 5.69 Å². The molecule has 0 aliphatic rings. The maximum atomic E-state index is 5.24. The molecule has 0 saturated heterocycles. The average Bonchev–Trinajstić information content (AvgIpc) is 2.45. The molecule has 0 unspecified atom stereocenters. The van der Waals surface area contributed by atoms with E-state index in [1.807, 2.05) is 18.2 Å². The van der Waals surface area contributed by atoms with Crippen molar-refractivity contribution in [1.29, 1.82) is 0 Å². The van der Waals surface area contributed by atoms with Crippen LogP contribution in [-0.4, -0.2) is 24.2 Å². The summed E-state index contributed by atoms with van der Waals surface area (Å²) in [5, 5.41) is 3.25. The highest BCUT2D eigenvalue weighted by molar-refractivity contribution is 5.54. The molecule has 0 aliphatic heterocycles. The SMILES string of the molecule is COc1ccc(NCc2cnccn2)cc1OC. The van der Waals surface area contributed by atoms with Crippen LogP contribution in [0.2, 0.25) is 0 Å². The summed E-state index contributed by atoms with van der Waals surface area (Å²) in [7, 11) is 3.23. The predicted molar refractivity (Wildman–Crippen MR) is 68.9 cm³/mol. The van der Waals surface area contributed by atoms with Crippen molar-refractivity contribution in [1.82, 2.24) is 9.97 Å². The lowest BCUT2D eigenvalue weighted by atomic mass is 10.2. The fourth-order valence-electron chi connectivity index (χ4n) is 1.56. The highest BCUT2D eigenvalue weighted by Crippen LogP contribution is 2.29. The van der Waals surface area contributed by atoms with Crippen LogP contribution in [0.3, 0.4) is 0 Å². The number of methoxy groups -OCH3 is 2. The van der Waals surface area contributed by atoms with Crippen LogP contribution in [0.5, 0.6) is 11.5 Å². The zero-order valence-electron chi connectivity index (χ0n) is 10.4. The van der Waals surface area contributed by atoms with Crippen molar-refractivity contribution in [3.05, 3.63) is 42.5 Å². The van der Waals surface area contributed by atoms with Gasteiger partial charge >= 0.3 is 0 Å². The van der Waals surface area contributed by atoms with Gasteiger partial charge in [-0.15, -0.1) is 0 Å². The smallest absolute Gasteiger partial charge is 0.162 e. The largest absolute Gasteiger partial charge is 0.493 e. The summed E-state index contributed by atoms with van der Waals surface area (Å²) in [5.41, 5.74) is 1.82. The van der Waals surface area contributed by atoms with Gasteiger partial charge < -0.3 is 14.8 Å². The lowest BCUT2D eigenvalue weighted by Crippen LogP contribution is -2.02. The van der Waals surface area contributed by atoms with E-state index in [9.17, 15) is 0 Å². The molecule has 0 spiro atoms. The molecule has 0 atom stereocenters. The Morgan fingerprint density at radius 2 is 1.94 bits per heavy atom. The van der Waals surface area contributed by atoms with Crippen molar-refractivity contribution in [3.8, 4) is 11.5 Å². The molecule has 1 heterocycles. The van der Waals surface area contributed by atoms with Gasteiger partial charge in [0.05, 0.1) is 32.7 Å². The van der Waals surface area contributed by atoms with Gasteiger partial charge in [-0.3, -0.25) is 9.97 Å². The lowest BCUT2D eigenvalue weighted by Gasteiger charge is -2.10. The summed E-state index contributed by atoms with van der Waals surface area (Å²) in [6.45, 7) is 0.614. The molecule has 0 amide bonds. The van der Waals surface area contributed by atoms with Crippen LogP contribution in [-0.2, 0) is 6.54 Å². The van der Waals surface area contributed by atoms with Gasteiger partial charge in [0.15, 0.2) is 11.5 Å². The zero-order valence-corrected chi connectivity index (χ0v) is 10.4. The molecule has 5 nitrogen and oxygen atoms in total. The fraction of sp³-hybridized carbons (Fsp3) is 0.231. The van der Waals surface area contributed by atoms with Gasteiger partial charge in [0.2, 0.25) is 0 Å². The van der Waals surface area contributed by atoms with E-state index in [0.717, 1.165) is 11.4 Å². The minimum absolute atomic E-state index is 0.614. The van der Waals surface area contributed by atoms with E-state index in [2.05, 4.69) is 15.3 Å². The molecule has 0 bridgehead atoms. The van der Waals surface area contributed by atoms with E-state index in [1.165, 1.54) is 0 Å². The number of ether oxygens (including phenoxy) is 2. The molecule has 1 aromatic carbocycles. The quantitative estimate of drug-likeness (QED) is 0.874. The fourth-order valence-corrected chi connectivity index (χ4v) is 1.56. The molecule has 2 rings (SSSR count). The minimum Gasteiger partial charge on any atom is -0.493 e. The molecular formula is C13H15N3O2. The molecule has 18 heavy (non-hydrogen) atoms. The second kappa shape index (κ2) is 5.86. The Labute approximate surface area is 106 Å². The maximum absolute atomic E-state index is 5.24. The predicted octanol–water partition coefficient (Wildman–Crippen LogP) is 2.11. The maximum Gasteiger partial charge on any atom is 0.162 e. The molecule has 0 fully saturated rings. The van der Waals surface area contributed by atoms with Gasteiger partial charge in [-0.2, -0.15) is 0 Å². The highest BCUT2D eigenvalue weighted by atomic mass is 16.5. The number of anilines is 1. The highest BCUT2D eigenvalue weighted by Gasteiger charge is 2.04. The molecule has 94 valence electrons. The van der Waals surface area contributed by atoms with Gasteiger partial charge in [0.25, 0.3) is 0 Å². The van der Waals surface area contributed by atoms with Crippen LogP contribution in [0.15, 0.2) is 36.8 Å². The Hall–Kier alpha value is -2.30. The van der Waals surface area contributed by atoms with Crippen LogP contribution < -0.4 is 14.8 Å². The van der Waals surface area contributed by atoms with Crippen molar-refractivity contribution in [2.45, 2.75) is 6.54 Å². The first-order valence-electron chi connectivity index (χ1n) is 5.54. The van der Waals surface area contributed by atoms with E-state index >= 15 is 0 Å². The van der Waals surface area contributed by atoms with E-state index in [4.69, 9.17) is 9.47 Å². The number of nitrogens with zero attached hydrogens (tertiary/aromatic N) is 2. The molecule has 1 aromatic heterocycles. The summed E-state index contributed by atoms with van der Waals surface area (Å²) in [4.78, 5) is 8.20. The standard InChI is InChI=1S/C13H15N3O2/c1-17-12-4-3-10(7-13(12)18-2)16-9-11-8-14-5-6-15-11/h3-8,16H,9H2,1-2H3. The number of aromatic nitrogens is 2. The topological polar surface area (TPSA) is 56.3 Å². The van der Waals surface area contributed by atoms with E-state index in [0.29, 0.717) is 18.0 Å². The first kappa shape index (κ1) is 12.2. The van der Waals surface area contributed by atoms with Crippen LogP contribution >= 0.6 is 0 Å². The lowest BCUT2D eigenvalue weighted by molar-refractivity contribution is 0.355. The number of rotatable bonds is 5. The number of nitrogens with one attached hydrogen (secondary N) is 1. The first-order chi connectivity index (χ1) is 8.83. The summed E-state index contributed by atoms with van der Waals surface area (Å²) in [6, 6.07) is 5.67. The molecule has 0 radical (unpaired) electrons. The third kappa shape index (κ3) is 2.88. The number of hydrogen-bond donors (Lipinski definition) is 1. The van der Waals surface area contributed by atoms with Crippen molar-refractivity contribution < 1.29 is 9.47 Å². The Balaban J connectivity index is 2.06. The van der Waals surface area contributed by atoms with E-state index in [1.54, 1.807) is 32.8 Å². The molecule has 0 aliphatic carbocycles. The average molecular weight is 245 g/mol. The van der Waals surface area contributed by atoms with Gasteiger partial charge in [-0.1, -0.05) is 0 Å². The zero-order chi connectivity index (χ0) is 12.8. The van der Waals surface area contributed by atoms with E-state index < -0.39 is 0 Å². The summed E-state index contributed by atoms with van der Waals surface area (Å²) in [6.07, 6.45) is 5.05. The van der Waals surface area contributed by atoms with Crippen LogP contribution in [0.25, 0.3) is 0 Å². The van der Waals surface area contributed by atoms with Crippen molar-refractivity contribution in [3.63, 3.8) is 0 Å². The van der Waals surface area contributed by atoms with Gasteiger partial charge in [0, 0.05) is 24.1 Å². The van der Waals surface area contributed by atoms with Crippen molar-refractivity contribution in [2.24, 2.45) is 0 Å². The summed E-state index contributed by atoms with van der Waals surface area (Å²) < 4.78 is 10.4. The van der Waals surface area contributed by atoms with Crippen molar-refractivity contribution >= 4 is 5.69 Å². The third-order valence-electron chi connectivity index (χ3n) is 2.47. The van der Waals surface area contributed by atoms with E-state index in [-0.39, 0.29) is 0 Å². The second-order valence-electron chi connectivity index (χ2n) is 3.62. The molecular weight excluding hydrogens is 230 g/mol. The van der Waals surface area contributed by atoms with Gasteiger partial charge in [-0.05, 0) is 12.1 Å². The van der Waals surface area contributed by atoms with Crippen LogP contribution in [0, 0.1) is 0 Å². The normalized spacial score (nSPS) is 9.89. The third-order valence-corrected chi connectivity index (χ3v) is 2.47. The molecule has 2 aromatic rings. The summed E-state index contributed by atoms with van der Waals surface area (Å²) >= 11 is 0. The number of benzene rings is 1. The molecule has 1 N–H and O–H groups in total. The minimum atomic E-state index is 0.614. The Morgan fingerprint density at radius 1 is 1.11 bits per heavy atom. The number of hydrogen-bond acceptors (Lipinski definition) is 5. The molecule has 0 saturated carbocycles. The van der Waals surface area contributed by atoms with Gasteiger partial charge in [0.1, 0.15) is 0 Å². The second-order valence-corrected chi connectivity index (χ2v) is 3.62. The van der Waals surface area contributed by atoms with Gasteiger partial charge in [-0.25, -0.2) is 0 Å². The Morgan fingerprint density at radius 3 is 2.61 bits per heavy atom. The van der Waals surface area contributed by atoms with Crippen molar-refractivity contribution in [2.75, 3.05) is 19.5 Å². The first-order valence-corrected chi connectivity index (χ1v) is 5.54. The summed E-state index contributed by atoms with van der Waals surface area (Å²) in [5.74, 6) is 1.41. The Bertz CT molecular complexity index is 503. The monoisotopic (exact) mass is 245 g/mol. The molecule has 5 heteroatoms. The Kier molecular flexibility index (Phi) is 3.96.